The Morgan fingerprint density at radius 1 is 0.900 bits per heavy atom. The molecule has 1 aliphatic rings. The SMILES string of the molecule is CCCC(C)C(=O)Oc1ccc(C(CC(C)OC(=O)C2CCCCC2)[C@H](N)C(=O)O)cc1OC(=O)C(C)CCC. The monoisotopic (exact) mass is 561 g/mol. The van der Waals surface area contributed by atoms with E-state index in [1.807, 2.05) is 13.8 Å². The highest BCUT2D eigenvalue weighted by Gasteiger charge is 2.32. The molecule has 0 spiro atoms. The van der Waals surface area contributed by atoms with Crippen molar-refractivity contribution in [1.29, 1.82) is 0 Å². The van der Waals surface area contributed by atoms with Crippen LogP contribution in [-0.2, 0) is 23.9 Å². The minimum absolute atomic E-state index is 0.0249. The molecule has 4 unspecified atom stereocenters. The third-order valence-corrected chi connectivity index (χ3v) is 7.63. The van der Waals surface area contributed by atoms with Gasteiger partial charge in [0.1, 0.15) is 6.04 Å². The van der Waals surface area contributed by atoms with Gasteiger partial charge < -0.3 is 25.1 Å². The fourth-order valence-corrected chi connectivity index (χ4v) is 5.14. The number of hydrogen-bond donors (Lipinski definition) is 2. The van der Waals surface area contributed by atoms with Gasteiger partial charge in [-0.15, -0.1) is 0 Å². The lowest BCUT2D eigenvalue weighted by molar-refractivity contribution is -0.155. The number of carbonyl (C=O) groups is 4. The van der Waals surface area contributed by atoms with Gasteiger partial charge in [-0.05, 0) is 56.7 Å². The number of rotatable bonds is 15. The Morgan fingerprint density at radius 3 is 1.98 bits per heavy atom. The van der Waals surface area contributed by atoms with Crippen molar-refractivity contribution in [1.82, 2.24) is 0 Å². The number of carboxylic acid groups (broad SMARTS) is 1. The number of carbonyl (C=O) groups excluding carboxylic acids is 3. The first kappa shape index (κ1) is 33.3. The summed E-state index contributed by atoms with van der Waals surface area (Å²) in [7, 11) is 0. The summed E-state index contributed by atoms with van der Waals surface area (Å²) in [5, 5.41) is 9.76. The average Bonchev–Trinajstić information content (AvgIpc) is 2.92. The molecule has 40 heavy (non-hydrogen) atoms. The molecule has 224 valence electrons. The molecule has 1 aliphatic carbocycles. The number of ether oxygens (including phenoxy) is 3. The van der Waals surface area contributed by atoms with Crippen LogP contribution < -0.4 is 15.2 Å². The number of esters is 3. The number of benzene rings is 1. The molecule has 0 heterocycles. The molecule has 0 aromatic heterocycles. The molecule has 0 saturated heterocycles. The summed E-state index contributed by atoms with van der Waals surface area (Å²) in [6.07, 6.45) is 7.12. The Bertz CT molecular complexity index is 1000. The summed E-state index contributed by atoms with van der Waals surface area (Å²) in [5.74, 6) is -3.93. The molecule has 1 fully saturated rings. The normalized spacial score (nSPS) is 17.6. The lowest BCUT2D eigenvalue weighted by Gasteiger charge is -2.27. The van der Waals surface area contributed by atoms with Crippen LogP contribution in [0.15, 0.2) is 18.2 Å². The molecule has 9 nitrogen and oxygen atoms in total. The predicted molar refractivity (Wildman–Crippen MR) is 151 cm³/mol. The van der Waals surface area contributed by atoms with Gasteiger partial charge in [0, 0.05) is 5.92 Å². The molecular formula is C31H47NO8. The van der Waals surface area contributed by atoms with Crippen molar-refractivity contribution in [2.24, 2.45) is 23.5 Å². The van der Waals surface area contributed by atoms with Crippen LogP contribution in [0.4, 0.5) is 0 Å². The van der Waals surface area contributed by atoms with E-state index in [9.17, 15) is 24.3 Å². The molecule has 1 aromatic rings. The predicted octanol–water partition coefficient (Wildman–Crippen LogP) is 5.77. The maximum atomic E-state index is 12.8. The first-order valence-electron chi connectivity index (χ1n) is 14.7. The van der Waals surface area contributed by atoms with Crippen LogP contribution >= 0.6 is 0 Å². The van der Waals surface area contributed by atoms with E-state index in [-0.39, 0.29) is 41.6 Å². The van der Waals surface area contributed by atoms with Crippen molar-refractivity contribution in [2.75, 3.05) is 0 Å². The first-order valence-corrected chi connectivity index (χ1v) is 14.7. The number of carboxylic acids is 1. The molecule has 1 saturated carbocycles. The van der Waals surface area contributed by atoms with Crippen molar-refractivity contribution < 1.29 is 38.5 Å². The van der Waals surface area contributed by atoms with Gasteiger partial charge in [-0.2, -0.15) is 0 Å². The summed E-state index contributed by atoms with van der Waals surface area (Å²) in [6, 6.07) is 3.31. The number of aliphatic carboxylic acids is 1. The molecule has 9 heteroatoms. The van der Waals surface area contributed by atoms with Crippen molar-refractivity contribution in [3.05, 3.63) is 23.8 Å². The smallest absolute Gasteiger partial charge is 0.321 e. The minimum atomic E-state index is -1.31. The van der Waals surface area contributed by atoms with Crippen molar-refractivity contribution in [3.8, 4) is 11.5 Å². The van der Waals surface area contributed by atoms with Crippen LogP contribution in [0.1, 0.15) is 110 Å². The van der Waals surface area contributed by atoms with E-state index in [0.717, 1.165) is 44.9 Å². The fourth-order valence-electron chi connectivity index (χ4n) is 5.14. The third-order valence-electron chi connectivity index (χ3n) is 7.63. The Morgan fingerprint density at radius 2 is 1.45 bits per heavy atom. The van der Waals surface area contributed by atoms with Gasteiger partial charge in [0.15, 0.2) is 11.5 Å². The van der Waals surface area contributed by atoms with E-state index in [0.29, 0.717) is 18.4 Å². The molecule has 0 amide bonds. The van der Waals surface area contributed by atoms with Gasteiger partial charge in [0.05, 0.1) is 23.9 Å². The largest absolute Gasteiger partial charge is 0.480 e. The van der Waals surface area contributed by atoms with Crippen molar-refractivity contribution in [2.45, 2.75) is 117 Å². The topological polar surface area (TPSA) is 142 Å². The zero-order valence-corrected chi connectivity index (χ0v) is 24.6. The third kappa shape index (κ3) is 9.91. The molecule has 3 N–H and O–H groups in total. The lowest BCUT2D eigenvalue weighted by Crippen LogP contribution is -2.38. The summed E-state index contributed by atoms with van der Waals surface area (Å²) in [4.78, 5) is 50.1. The number of nitrogens with two attached hydrogens (primary N) is 1. The maximum Gasteiger partial charge on any atom is 0.321 e. The van der Waals surface area contributed by atoms with Crippen molar-refractivity contribution >= 4 is 23.9 Å². The van der Waals surface area contributed by atoms with Gasteiger partial charge in [0.25, 0.3) is 0 Å². The number of hydrogen-bond acceptors (Lipinski definition) is 8. The Kier molecular flexibility index (Phi) is 13.6. The summed E-state index contributed by atoms with van der Waals surface area (Å²) in [5.41, 5.74) is 6.59. The van der Waals surface area contributed by atoms with Gasteiger partial charge in [0.2, 0.25) is 0 Å². The Hall–Kier alpha value is -2.94. The fraction of sp³-hybridized carbons (Fsp3) is 0.677. The van der Waals surface area contributed by atoms with E-state index in [1.54, 1.807) is 26.8 Å². The standard InChI is InChI=1S/C31H47NO8/c1-6-11-19(3)29(35)39-25-16-15-23(18-26(25)40-30(36)20(4)12-7-2)24(27(32)28(33)34)17-21(5)38-31(37)22-13-9-8-10-14-22/h15-16,18-22,24,27H,6-14,17,32H2,1-5H3,(H,33,34)/t19?,20?,21?,24?,27-/m0/s1. The lowest BCUT2D eigenvalue weighted by atomic mass is 9.86. The zero-order chi connectivity index (χ0) is 29.8. The average molecular weight is 562 g/mol. The molecule has 5 atom stereocenters. The highest BCUT2D eigenvalue weighted by atomic mass is 16.6. The van der Waals surface area contributed by atoms with Gasteiger partial charge in [-0.3, -0.25) is 19.2 Å². The highest BCUT2D eigenvalue weighted by molar-refractivity contribution is 5.79. The van der Waals surface area contributed by atoms with E-state index in [2.05, 4.69) is 0 Å². The second-order valence-corrected chi connectivity index (χ2v) is 11.2. The molecule has 0 radical (unpaired) electrons. The Labute approximate surface area is 238 Å². The summed E-state index contributed by atoms with van der Waals surface area (Å²) < 4.78 is 17.0. The first-order chi connectivity index (χ1) is 19.0. The second-order valence-electron chi connectivity index (χ2n) is 11.2. The van der Waals surface area contributed by atoms with Crippen LogP contribution in [0.25, 0.3) is 0 Å². The summed E-state index contributed by atoms with van der Waals surface area (Å²) >= 11 is 0. The van der Waals surface area contributed by atoms with Crippen LogP contribution in [0, 0.1) is 17.8 Å². The maximum absolute atomic E-state index is 12.8. The molecule has 0 aliphatic heterocycles. The Balaban J connectivity index is 2.36. The van der Waals surface area contributed by atoms with Crippen LogP contribution in [-0.4, -0.2) is 41.1 Å². The van der Waals surface area contributed by atoms with E-state index in [1.165, 1.54) is 12.1 Å². The van der Waals surface area contributed by atoms with E-state index in [4.69, 9.17) is 19.9 Å². The van der Waals surface area contributed by atoms with E-state index < -0.39 is 36.0 Å². The summed E-state index contributed by atoms with van der Waals surface area (Å²) in [6.45, 7) is 9.19. The second kappa shape index (κ2) is 16.4. The molecule has 1 aromatic carbocycles. The quantitative estimate of drug-likeness (QED) is 0.202. The highest BCUT2D eigenvalue weighted by Crippen LogP contribution is 2.36. The molecule has 0 bridgehead atoms. The minimum Gasteiger partial charge on any atom is -0.480 e. The van der Waals surface area contributed by atoms with Gasteiger partial charge >= 0.3 is 23.9 Å². The van der Waals surface area contributed by atoms with Crippen molar-refractivity contribution in [3.63, 3.8) is 0 Å². The van der Waals surface area contributed by atoms with Gasteiger partial charge in [-0.1, -0.05) is 65.9 Å². The van der Waals surface area contributed by atoms with Crippen LogP contribution in [0.2, 0.25) is 0 Å². The van der Waals surface area contributed by atoms with Gasteiger partial charge in [-0.25, -0.2) is 0 Å². The van der Waals surface area contributed by atoms with Crippen LogP contribution in [0.5, 0.6) is 11.5 Å². The zero-order valence-electron chi connectivity index (χ0n) is 24.6. The van der Waals surface area contributed by atoms with E-state index >= 15 is 0 Å². The van der Waals surface area contributed by atoms with Crippen LogP contribution in [0.3, 0.4) is 0 Å². The molecule has 2 rings (SSSR count). The molecular weight excluding hydrogens is 514 g/mol.